The number of halogens is 3. The molecule has 8 heteroatoms. The molecule has 0 N–H and O–H groups in total. The van der Waals surface area contributed by atoms with Gasteiger partial charge < -0.3 is 9.42 Å². The number of aromatic nitrogens is 2. The molecule has 1 aliphatic heterocycles. The Morgan fingerprint density at radius 2 is 2.00 bits per heavy atom. The highest BCUT2D eigenvalue weighted by Crippen LogP contribution is 2.29. The van der Waals surface area contributed by atoms with Crippen molar-refractivity contribution in [3.63, 3.8) is 0 Å². The third-order valence-electron chi connectivity index (χ3n) is 3.93. The van der Waals surface area contributed by atoms with Crippen LogP contribution in [0.4, 0.5) is 13.2 Å². The summed E-state index contributed by atoms with van der Waals surface area (Å²) in [6.07, 6.45) is 3.22. The number of likely N-dealkylation sites (tertiary alicyclic amines) is 1. The van der Waals surface area contributed by atoms with Crippen LogP contribution in [-0.4, -0.2) is 27.5 Å². The van der Waals surface area contributed by atoms with E-state index in [9.17, 15) is 18.0 Å². The smallest absolute Gasteiger partial charge is 0.227 e. The lowest BCUT2D eigenvalue weighted by Crippen LogP contribution is -2.40. The van der Waals surface area contributed by atoms with Crippen LogP contribution >= 0.6 is 0 Å². The molecule has 0 bridgehead atoms. The van der Waals surface area contributed by atoms with E-state index in [1.165, 1.54) is 11.3 Å². The van der Waals surface area contributed by atoms with Crippen molar-refractivity contribution in [3.8, 4) is 0 Å². The minimum absolute atomic E-state index is 0.175. The van der Waals surface area contributed by atoms with Crippen molar-refractivity contribution >= 4 is 5.91 Å². The van der Waals surface area contributed by atoms with Crippen LogP contribution in [0.1, 0.15) is 36.7 Å². The number of carbonyl (C=O) groups excluding carboxylic acids is 1. The van der Waals surface area contributed by atoms with E-state index in [1.54, 1.807) is 0 Å². The first-order chi connectivity index (χ1) is 11.1. The number of rotatable bonds is 3. The molecule has 0 radical (unpaired) electrons. The number of benzene rings is 1. The van der Waals surface area contributed by atoms with E-state index < -0.39 is 17.5 Å². The largest absolute Gasteiger partial charge is 0.343 e. The highest BCUT2D eigenvalue weighted by molar-refractivity contribution is 5.79. The summed E-state index contributed by atoms with van der Waals surface area (Å²) < 4.78 is 44.6. The monoisotopic (exact) mass is 325 g/mol. The van der Waals surface area contributed by atoms with Gasteiger partial charge in [-0.25, -0.2) is 13.2 Å². The van der Waals surface area contributed by atoms with Crippen LogP contribution in [0.5, 0.6) is 0 Å². The van der Waals surface area contributed by atoms with Gasteiger partial charge in [0.1, 0.15) is 5.82 Å². The average Bonchev–Trinajstić information content (AvgIpc) is 3.07. The molecule has 122 valence electrons. The molecule has 3 rings (SSSR count). The van der Waals surface area contributed by atoms with E-state index >= 15 is 0 Å². The second-order valence-corrected chi connectivity index (χ2v) is 5.42. The van der Waals surface area contributed by atoms with Crippen LogP contribution in [0.25, 0.3) is 0 Å². The van der Waals surface area contributed by atoms with E-state index in [0.717, 1.165) is 18.9 Å². The van der Waals surface area contributed by atoms with Crippen molar-refractivity contribution in [1.29, 1.82) is 0 Å². The van der Waals surface area contributed by atoms with Gasteiger partial charge in [0.05, 0.1) is 12.5 Å². The lowest BCUT2D eigenvalue weighted by atomic mass is 10.00. The van der Waals surface area contributed by atoms with Gasteiger partial charge in [-0.3, -0.25) is 4.79 Å². The first-order valence-corrected chi connectivity index (χ1v) is 7.25. The molecule has 1 amide bonds. The fourth-order valence-corrected chi connectivity index (χ4v) is 2.79. The maximum Gasteiger partial charge on any atom is 0.227 e. The van der Waals surface area contributed by atoms with Crippen molar-refractivity contribution in [2.45, 2.75) is 31.7 Å². The molecule has 1 fully saturated rings. The first-order valence-electron chi connectivity index (χ1n) is 7.25. The Morgan fingerprint density at radius 1 is 1.22 bits per heavy atom. The minimum Gasteiger partial charge on any atom is -0.343 e. The zero-order valence-electron chi connectivity index (χ0n) is 12.1. The Bertz CT molecular complexity index is 706. The SMILES string of the molecule is O=C(Cc1cc(F)c(F)cc1F)N1CCCC[C@@H]1c1ncon1. The third-order valence-corrected chi connectivity index (χ3v) is 3.93. The summed E-state index contributed by atoms with van der Waals surface area (Å²) in [5.74, 6) is -3.39. The molecule has 23 heavy (non-hydrogen) atoms. The molecule has 2 aromatic rings. The molecule has 2 heterocycles. The normalized spacial score (nSPS) is 18.2. The van der Waals surface area contributed by atoms with Crippen LogP contribution in [0.2, 0.25) is 0 Å². The summed E-state index contributed by atoms with van der Waals surface area (Å²) in [7, 11) is 0. The van der Waals surface area contributed by atoms with E-state index in [4.69, 9.17) is 4.52 Å². The lowest BCUT2D eigenvalue weighted by Gasteiger charge is -2.34. The fourth-order valence-electron chi connectivity index (χ4n) is 2.79. The first kappa shape index (κ1) is 15.5. The Hall–Kier alpha value is -2.38. The second kappa shape index (κ2) is 6.39. The third kappa shape index (κ3) is 3.20. The predicted octanol–water partition coefficient (Wildman–Crippen LogP) is 2.78. The molecular formula is C15H14F3N3O2. The van der Waals surface area contributed by atoms with Gasteiger partial charge >= 0.3 is 0 Å². The summed E-state index contributed by atoms with van der Waals surface area (Å²) in [4.78, 5) is 18.0. The second-order valence-electron chi connectivity index (χ2n) is 5.42. The van der Waals surface area contributed by atoms with Gasteiger partial charge in [0.15, 0.2) is 17.5 Å². The van der Waals surface area contributed by atoms with Gasteiger partial charge in [-0.1, -0.05) is 5.16 Å². The number of hydrogen-bond acceptors (Lipinski definition) is 4. The zero-order chi connectivity index (χ0) is 16.4. The van der Waals surface area contributed by atoms with Gasteiger partial charge in [0, 0.05) is 18.2 Å². The summed E-state index contributed by atoms with van der Waals surface area (Å²) >= 11 is 0. The van der Waals surface area contributed by atoms with E-state index in [1.807, 2.05) is 0 Å². The summed E-state index contributed by atoms with van der Waals surface area (Å²) in [5.41, 5.74) is -0.175. The van der Waals surface area contributed by atoms with Gasteiger partial charge in [-0.2, -0.15) is 4.98 Å². The highest BCUT2D eigenvalue weighted by Gasteiger charge is 2.31. The standard InChI is InChI=1S/C15H14F3N3O2/c16-10-7-12(18)11(17)5-9(10)6-14(22)21-4-2-1-3-13(21)15-19-8-23-20-15/h5,7-8,13H,1-4,6H2/t13-/m1/s1. The lowest BCUT2D eigenvalue weighted by molar-refractivity contribution is -0.134. The fraction of sp³-hybridized carbons (Fsp3) is 0.400. The number of carbonyl (C=O) groups is 1. The number of hydrogen-bond donors (Lipinski definition) is 0. The van der Waals surface area contributed by atoms with Crippen molar-refractivity contribution < 1.29 is 22.5 Å². The maximum absolute atomic E-state index is 13.7. The predicted molar refractivity (Wildman–Crippen MR) is 72.6 cm³/mol. The molecule has 0 spiro atoms. The quantitative estimate of drug-likeness (QED) is 0.814. The molecule has 1 aliphatic rings. The van der Waals surface area contributed by atoms with Crippen molar-refractivity contribution in [2.75, 3.05) is 6.54 Å². The Labute approximate surface area is 130 Å². The molecule has 1 saturated heterocycles. The minimum atomic E-state index is -1.28. The van der Waals surface area contributed by atoms with Crippen LogP contribution in [0, 0.1) is 17.5 Å². The van der Waals surface area contributed by atoms with Crippen LogP contribution in [0.15, 0.2) is 23.0 Å². The van der Waals surface area contributed by atoms with Crippen LogP contribution < -0.4 is 0 Å². The number of piperidine rings is 1. The molecule has 1 aromatic carbocycles. The molecular weight excluding hydrogens is 311 g/mol. The van der Waals surface area contributed by atoms with Crippen molar-refractivity contribution in [2.24, 2.45) is 0 Å². The van der Waals surface area contributed by atoms with Gasteiger partial charge in [0.2, 0.25) is 12.3 Å². The Kier molecular flexibility index (Phi) is 4.31. The van der Waals surface area contributed by atoms with E-state index in [2.05, 4.69) is 10.1 Å². The Morgan fingerprint density at radius 3 is 2.74 bits per heavy atom. The van der Waals surface area contributed by atoms with Crippen molar-refractivity contribution in [3.05, 3.63) is 47.4 Å². The number of amides is 1. The summed E-state index contributed by atoms with van der Waals surface area (Å²) in [6.45, 7) is 0.476. The molecule has 5 nitrogen and oxygen atoms in total. The van der Waals surface area contributed by atoms with Crippen LogP contribution in [0.3, 0.4) is 0 Å². The summed E-state index contributed by atoms with van der Waals surface area (Å²) in [5, 5.41) is 3.76. The average molecular weight is 325 g/mol. The molecule has 1 atom stereocenters. The number of nitrogens with zero attached hydrogens (tertiary/aromatic N) is 3. The Balaban J connectivity index is 1.80. The summed E-state index contributed by atoms with van der Waals surface area (Å²) in [6, 6.07) is 0.823. The zero-order valence-corrected chi connectivity index (χ0v) is 12.1. The molecule has 1 aromatic heterocycles. The van der Waals surface area contributed by atoms with E-state index in [-0.39, 0.29) is 23.9 Å². The van der Waals surface area contributed by atoms with Gasteiger partial charge in [0.25, 0.3) is 0 Å². The topological polar surface area (TPSA) is 59.2 Å². The maximum atomic E-state index is 13.7. The highest BCUT2D eigenvalue weighted by atomic mass is 19.2. The molecule has 0 aliphatic carbocycles. The van der Waals surface area contributed by atoms with E-state index in [0.29, 0.717) is 24.9 Å². The van der Waals surface area contributed by atoms with Gasteiger partial charge in [-0.05, 0) is 25.3 Å². The van der Waals surface area contributed by atoms with Crippen molar-refractivity contribution in [1.82, 2.24) is 15.0 Å². The molecule has 0 unspecified atom stereocenters. The van der Waals surface area contributed by atoms with Gasteiger partial charge in [-0.15, -0.1) is 0 Å². The van der Waals surface area contributed by atoms with Crippen LogP contribution in [-0.2, 0) is 11.2 Å². The molecule has 0 saturated carbocycles.